The molecule has 1 aliphatic rings. The highest BCUT2D eigenvalue weighted by molar-refractivity contribution is 5.72. The van der Waals surface area contributed by atoms with Gasteiger partial charge in [-0.05, 0) is 56.2 Å². The molecule has 0 bridgehead atoms. The van der Waals surface area contributed by atoms with Crippen LogP contribution in [0.25, 0.3) is 0 Å². The Hall–Kier alpha value is -1.55. The lowest BCUT2D eigenvalue weighted by Crippen LogP contribution is -2.34. The molecular weight excluding hydrogens is 340 g/mol. The molecule has 2 rings (SSSR count). The van der Waals surface area contributed by atoms with Crippen molar-refractivity contribution >= 4 is 5.97 Å². The Labute approximate surface area is 164 Å². The maximum absolute atomic E-state index is 12.1. The molecule has 0 aliphatic heterocycles. The van der Waals surface area contributed by atoms with E-state index in [-0.39, 0.29) is 11.9 Å². The summed E-state index contributed by atoms with van der Waals surface area (Å²) in [5.74, 6) is 0.678. The molecule has 4 heteroatoms. The van der Waals surface area contributed by atoms with Crippen LogP contribution in [0.3, 0.4) is 0 Å². The molecule has 1 N–H and O–H groups in total. The van der Waals surface area contributed by atoms with E-state index in [1.54, 1.807) is 0 Å². The number of carbonyl (C=O) groups is 1. The van der Waals surface area contributed by atoms with Crippen LogP contribution < -0.4 is 4.74 Å². The molecule has 0 radical (unpaired) electrons. The van der Waals surface area contributed by atoms with E-state index in [2.05, 4.69) is 13.8 Å². The Morgan fingerprint density at radius 2 is 1.67 bits per heavy atom. The summed E-state index contributed by atoms with van der Waals surface area (Å²) in [6.07, 6.45) is 9.24. The highest BCUT2D eigenvalue weighted by atomic mass is 16.5. The van der Waals surface area contributed by atoms with Crippen molar-refractivity contribution in [3.05, 3.63) is 29.8 Å². The topological polar surface area (TPSA) is 55.8 Å². The maximum Gasteiger partial charge on any atom is 0.308 e. The summed E-state index contributed by atoms with van der Waals surface area (Å²) in [5, 5.41) is 11.0. The van der Waals surface area contributed by atoms with Gasteiger partial charge in [0.2, 0.25) is 0 Å². The summed E-state index contributed by atoms with van der Waals surface area (Å²) >= 11 is 0. The summed E-state index contributed by atoms with van der Waals surface area (Å²) in [6.45, 7) is 5.53. The Kier molecular flexibility index (Phi) is 9.12. The Balaban J connectivity index is 1.79. The molecule has 1 saturated carbocycles. The normalized spacial score (nSPS) is 22.4. The molecule has 0 atom stereocenters. The summed E-state index contributed by atoms with van der Waals surface area (Å²) in [6, 6.07) is 7.80. The minimum absolute atomic E-state index is 0.0761. The highest BCUT2D eigenvalue weighted by Crippen LogP contribution is 2.40. The van der Waals surface area contributed by atoms with Crippen LogP contribution in [-0.2, 0) is 15.1 Å². The third kappa shape index (κ3) is 6.84. The average molecular weight is 377 g/mol. The minimum atomic E-state index is -0.847. The fourth-order valence-corrected chi connectivity index (χ4v) is 3.63. The van der Waals surface area contributed by atoms with E-state index in [1.165, 1.54) is 19.3 Å². The molecule has 1 aliphatic carbocycles. The van der Waals surface area contributed by atoms with Crippen molar-refractivity contribution in [1.29, 1.82) is 0 Å². The van der Waals surface area contributed by atoms with Crippen LogP contribution in [0.5, 0.6) is 5.75 Å². The van der Waals surface area contributed by atoms with Gasteiger partial charge in [0.15, 0.2) is 0 Å². The molecule has 1 aromatic carbocycles. The van der Waals surface area contributed by atoms with Crippen LogP contribution in [-0.4, -0.2) is 24.3 Å². The van der Waals surface area contributed by atoms with Gasteiger partial charge in [-0.25, -0.2) is 0 Å². The first-order valence-electron chi connectivity index (χ1n) is 10.7. The van der Waals surface area contributed by atoms with Crippen molar-refractivity contribution in [2.24, 2.45) is 5.92 Å². The quantitative estimate of drug-likeness (QED) is 0.417. The Morgan fingerprint density at radius 1 is 1.00 bits per heavy atom. The summed E-state index contributed by atoms with van der Waals surface area (Å²) in [7, 11) is 0. The van der Waals surface area contributed by atoms with Gasteiger partial charge in [0, 0.05) is 0 Å². The standard InChI is InChI=1S/C23H36O4/c1-3-5-7-8-18-26-21-11-9-20(10-12-21)23(25)15-13-19(14-16-23)22(24)27-17-6-4-2/h9-12,19,25H,3-8,13-18H2,1-2H3. The van der Waals surface area contributed by atoms with Crippen molar-refractivity contribution in [1.82, 2.24) is 0 Å². The zero-order valence-electron chi connectivity index (χ0n) is 17.0. The van der Waals surface area contributed by atoms with Crippen LogP contribution in [0, 0.1) is 5.92 Å². The third-order valence-corrected chi connectivity index (χ3v) is 5.55. The number of hydrogen-bond donors (Lipinski definition) is 1. The summed E-state index contributed by atoms with van der Waals surface area (Å²) in [4.78, 5) is 12.1. The van der Waals surface area contributed by atoms with E-state index in [9.17, 15) is 9.90 Å². The van der Waals surface area contributed by atoms with Gasteiger partial charge in [-0.15, -0.1) is 0 Å². The maximum atomic E-state index is 12.1. The first-order valence-corrected chi connectivity index (χ1v) is 10.7. The number of rotatable bonds is 11. The lowest BCUT2D eigenvalue weighted by atomic mass is 9.75. The van der Waals surface area contributed by atoms with E-state index < -0.39 is 5.60 Å². The van der Waals surface area contributed by atoms with Crippen LogP contribution >= 0.6 is 0 Å². The third-order valence-electron chi connectivity index (χ3n) is 5.55. The molecular formula is C23H36O4. The second-order valence-electron chi connectivity index (χ2n) is 7.76. The number of ether oxygens (including phenoxy) is 2. The molecule has 1 fully saturated rings. The zero-order valence-corrected chi connectivity index (χ0v) is 17.0. The SMILES string of the molecule is CCCCCCOc1ccc(C2(O)CCC(C(=O)OCCCC)CC2)cc1. The van der Waals surface area contributed by atoms with Gasteiger partial charge >= 0.3 is 5.97 Å². The number of aliphatic hydroxyl groups is 1. The van der Waals surface area contributed by atoms with Crippen molar-refractivity contribution in [3.8, 4) is 5.75 Å². The van der Waals surface area contributed by atoms with Crippen LogP contribution in [0.1, 0.15) is 83.6 Å². The molecule has 0 unspecified atom stereocenters. The molecule has 27 heavy (non-hydrogen) atoms. The molecule has 152 valence electrons. The average Bonchev–Trinajstić information content (AvgIpc) is 2.69. The minimum Gasteiger partial charge on any atom is -0.494 e. The van der Waals surface area contributed by atoms with Gasteiger partial charge in [0.25, 0.3) is 0 Å². The predicted octanol–water partition coefficient (Wildman–Crippen LogP) is 5.37. The molecule has 0 heterocycles. The van der Waals surface area contributed by atoms with Gasteiger partial charge in [-0.3, -0.25) is 4.79 Å². The van der Waals surface area contributed by atoms with E-state index in [4.69, 9.17) is 9.47 Å². The van der Waals surface area contributed by atoms with E-state index in [1.807, 2.05) is 24.3 Å². The number of carbonyl (C=O) groups excluding carboxylic acids is 1. The van der Waals surface area contributed by atoms with Crippen molar-refractivity contribution in [3.63, 3.8) is 0 Å². The smallest absolute Gasteiger partial charge is 0.308 e. The second kappa shape index (κ2) is 11.3. The summed E-state index contributed by atoms with van der Waals surface area (Å²) in [5.41, 5.74) is 0.0680. The number of hydrogen-bond acceptors (Lipinski definition) is 4. The fourth-order valence-electron chi connectivity index (χ4n) is 3.63. The van der Waals surface area contributed by atoms with Crippen LogP contribution in [0.4, 0.5) is 0 Å². The van der Waals surface area contributed by atoms with E-state index in [0.717, 1.165) is 37.2 Å². The van der Waals surface area contributed by atoms with Gasteiger partial charge < -0.3 is 14.6 Å². The molecule has 0 spiro atoms. The molecule has 4 nitrogen and oxygen atoms in total. The Morgan fingerprint density at radius 3 is 2.30 bits per heavy atom. The van der Waals surface area contributed by atoms with Crippen molar-refractivity contribution in [2.75, 3.05) is 13.2 Å². The molecule has 0 amide bonds. The molecule has 0 saturated heterocycles. The molecule has 1 aromatic rings. The predicted molar refractivity (Wildman–Crippen MR) is 108 cm³/mol. The van der Waals surface area contributed by atoms with E-state index in [0.29, 0.717) is 32.3 Å². The number of unbranched alkanes of at least 4 members (excludes halogenated alkanes) is 4. The lowest BCUT2D eigenvalue weighted by molar-refractivity contribution is -0.151. The van der Waals surface area contributed by atoms with E-state index >= 15 is 0 Å². The van der Waals surface area contributed by atoms with Crippen LogP contribution in [0.15, 0.2) is 24.3 Å². The fraction of sp³-hybridized carbons (Fsp3) is 0.696. The first kappa shape index (κ1) is 21.7. The van der Waals surface area contributed by atoms with Gasteiger partial charge in [0.1, 0.15) is 5.75 Å². The lowest BCUT2D eigenvalue weighted by Gasteiger charge is -2.35. The van der Waals surface area contributed by atoms with Crippen molar-refractivity contribution < 1.29 is 19.4 Å². The van der Waals surface area contributed by atoms with Crippen LogP contribution in [0.2, 0.25) is 0 Å². The Bertz CT molecular complexity index is 544. The van der Waals surface area contributed by atoms with Gasteiger partial charge in [0.05, 0.1) is 24.7 Å². The zero-order chi connectivity index (χ0) is 19.5. The largest absolute Gasteiger partial charge is 0.494 e. The second-order valence-corrected chi connectivity index (χ2v) is 7.76. The summed E-state index contributed by atoms with van der Waals surface area (Å²) < 4.78 is 11.1. The molecule has 0 aromatic heterocycles. The van der Waals surface area contributed by atoms with Gasteiger partial charge in [-0.1, -0.05) is 51.7 Å². The number of esters is 1. The number of benzene rings is 1. The highest BCUT2D eigenvalue weighted by Gasteiger charge is 2.37. The monoisotopic (exact) mass is 376 g/mol. The van der Waals surface area contributed by atoms with Crippen molar-refractivity contribution in [2.45, 2.75) is 83.7 Å². The first-order chi connectivity index (χ1) is 13.1. The van der Waals surface area contributed by atoms with Gasteiger partial charge in [-0.2, -0.15) is 0 Å².